The van der Waals surface area contributed by atoms with E-state index in [0.717, 1.165) is 12.8 Å². The summed E-state index contributed by atoms with van der Waals surface area (Å²) in [4.78, 5) is 15.8. The van der Waals surface area contributed by atoms with Crippen molar-refractivity contribution in [2.45, 2.75) is 161 Å². The third kappa shape index (κ3) is 12.6. The van der Waals surface area contributed by atoms with E-state index >= 15 is 0 Å². The van der Waals surface area contributed by atoms with Crippen molar-refractivity contribution in [2.75, 3.05) is 19.6 Å². The van der Waals surface area contributed by atoms with Crippen LogP contribution in [-0.2, 0) is 12.8 Å². The molecule has 0 aromatic heterocycles. The zero-order chi connectivity index (χ0) is 83.2. The summed E-state index contributed by atoms with van der Waals surface area (Å²) in [6.07, 6.45) is 22.9. The van der Waals surface area contributed by atoms with Crippen LogP contribution in [0, 0.1) is 0 Å². The molecule has 4 heterocycles. The van der Waals surface area contributed by atoms with E-state index < -0.39 is 0 Å². The maximum absolute atomic E-state index is 2.61. The SMILES string of the molecule is CCCCCc1ccc2c(c1)S/C(=C1/Sc3cc(CCCCC)ccc3N1c1ccc3c4c(cccc14)-c1ccccc1-3)N2c1ccc2c3c(cccc13)-c1ccccc1-2.c1ccc2c(c1)c1ccccc1c1cc(N3/C(=C4\Sc5cc(C6CCCCC6)ccc5N4c4ccc5c6ccccc6c6ccccc6c5c4)Sc4cc(C5CCCCC5)ccc43)ccc21. The zero-order valence-electron chi connectivity index (χ0n) is 71.3. The molecule has 0 amide bonds. The fourth-order valence-electron chi connectivity index (χ4n) is 22.7. The Labute approximate surface area is 755 Å². The second kappa shape index (κ2) is 31.6. The molecule has 8 heteroatoms. The molecule has 18 aromatic rings. The fraction of sp³-hybridized carbons (Fsp3) is 0.186. The van der Waals surface area contributed by atoms with Crippen LogP contribution >= 0.6 is 47.0 Å². The molecular formula is C118H96N4S4. The van der Waals surface area contributed by atoms with Crippen molar-refractivity contribution < 1.29 is 0 Å². The van der Waals surface area contributed by atoms with Crippen LogP contribution in [0.3, 0.4) is 0 Å². The number of hydrogen-bond acceptors (Lipinski definition) is 8. The van der Waals surface area contributed by atoms with Gasteiger partial charge in [0.2, 0.25) is 0 Å². The molecule has 26 rings (SSSR count). The highest BCUT2D eigenvalue weighted by Crippen LogP contribution is 2.65. The third-order valence-corrected chi connectivity index (χ3v) is 33.5. The Morgan fingerprint density at radius 2 is 0.524 bits per heavy atom. The number of hydrogen-bond donors (Lipinski definition) is 0. The van der Waals surface area contributed by atoms with Crippen LogP contribution in [0.4, 0.5) is 45.5 Å². The quantitative estimate of drug-likeness (QED) is 0.0779. The van der Waals surface area contributed by atoms with Crippen LogP contribution < -0.4 is 19.6 Å². The Balaban J connectivity index is 0.000000138. The van der Waals surface area contributed by atoms with Gasteiger partial charge >= 0.3 is 0 Å². The van der Waals surface area contributed by atoms with Crippen molar-refractivity contribution in [2.24, 2.45) is 0 Å². The van der Waals surface area contributed by atoms with Crippen molar-refractivity contribution >= 4 is 179 Å². The summed E-state index contributed by atoms with van der Waals surface area (Å²) < 4.78 is 0. The summed E-state index contributed by atoms with van der Waals surface area (Å²) >= 11 is 7.87. The van der Waals surface area contributed by atoms with Crippen LogP contribution in [0.25, 0.3) is 131 Å². The van der Waals surface area contributed by atoms with Gasteiger partial charge in [0.25, 0.3) is 0 Å². The number of anilines is 8. The normalized spacial score (nSPS) is 16.8. The average Bonchev–Trinajstić information content (AvgIpc) is 1.56. The minimum atomic E-state index is 0.637. The molecule has 0 saturated heterocycles. The van der Waals surface area contributed by atoms with E-state index in [0.29, 0.717) is 11.8 Å². The summed E-state index contributed by atoms with van der Waals surface area (Å²) in [6.45, 7) is 4.59. The number of rotatable bonds is 14. The molecule has 2 fully saturated rings. The minimum absolute atomic E-state index is 0.637. The van der Waals surface area contributed by atoms with E-state index in [2.05, 4.69) is 349 Å². The highest BCUT2D eigenvalue weighted by molar-refractivity contribution is 8.08. The van der Waals surface area contributed by atoms with Crippen LogP contribution in [0.2, 0.25) is 0 Å². The molecule has 0 unspecified atom stereocenters. The first kappa shape index (κ1) is 76.5. The van der Waals surface area contributed by atoms with Gasteiger partial charge in [0, 0.05) is 41.7 Å². The van der Waals surface area contributed by atoms with Crippen molar-refractivity contribution in [1.82, 2.24) is 0 Å². The Bertz CT molecular complexity index is 7070. The molecular weight excluding hydrogens is 1600 g/mol. The third-order valence-electron chi connectivity index (χ3n) is 28.8. The van der Waals surface area contributed by atoms with Crippen LogP contribution in [0.5, 0.6) is 0 Å². The van der Waals surface area contributed by atoms with E-state index in [9.17, 15) is 0 Å². The van der Waals surface area contributed by atoms with Gasteiger partial charge in [-0.2, -0.15) is 0 Å². The summed E-state index contributed by atoms with van der Waals surface area (Å²) in [5.74, 6) is 1.27. The van der Waals surface area contributed by atoms with Gasteiger partial charge in [-0.25, -0.2) is 0 Å². The van der Waals surface area contributed by atoms with E-state index in [-0.39, 0.29) is 0 Å². The Morgan fingerprint density at radius 1 is 0.230 bits per heavy atom. The smallest absolute Gasteiger partial charge is 0.116 e. The lowest BCUT2D eigenvalue weighted by Crippen LogP contribution is -2.19. The molecule has 0 spiro atoms. The summed E-state index contributed by atoms with van der Waals surface area (Å²) in [7, 11) is 0. The average molecular weight is 1700 g/mol. The Morgan fingerprint density at radius 3 is 0.897 bits per heavy atom. The van der Waals surface area contributed by atoms with E-state index in [4.69, 9.17) is 0 Å². The van der Waals surface area contributed by atoms with Gasteiger partial charge in [0.15, 0.2) is 0 Å². The van der Waals surface area contributed by atoms with Gasteiger partial charge in [-0.05, 0) is 290 Å². The summed E-state index contributed by atoms with van der Waals surface area (Å²) in [6, 6.07) is 121. The Hall–Kier alpha value is -11.9. The molecule has 2 saturated carbocycles. The van der Waals surface area contributed by atoms with Crippen molar-refractivity contribution in [3.8, 4) is 44.5 Å². The largest absolute Gasteiger partial charge is 0.301 e. The van der Waals surface area contributed by atoms with E-state index in [1.165, 1.54) is 341 Å². The number of thioether (sulfide) groups is 4. The van der Waals surface area contributed by atoms with E-state index in [1.807, 2.05) is 47.0 Å². The Kier molecular flexibility index (Phi) is 19.2. The summed E-state index contributed by atoms with van der Waals surface area (Å²) in [5, 5.41) is 26.1. The van der Waals surface area contributed by atoms with Crippen molar-refractivity contribution in [3.63, 3.8) is 0 Å². The topological polar surface area (TPSA) is 13.0 Å². The van der Waals surface area contributed by atoms with Crippen molar-refractivity contribution in [1.29, 1.82) is 0 Å². The van der Waals surface area contributed by atoms with Crippen molar-refractivity contribution in [3.05, 3.63) is 358 Å². The van der Waals surface area contributed by atoms with Gasteiger partial charge in [0.05, 0.1) is 34.1 Å². The monoisotopic (exact) mass is 1700 g/mol. The molecule has 4 aliphatic heterocycles. The minimum Gasteiger partial charge on any atom is -0.301 e. The fourth-order valence-corrected chi connectivity index (χ4v) is 27.8. The first-order valence-electron chi connectivity index (χ1n) is 46.3. The van der Waals surface area contributed by atoms with E-state index in [1.54, 1.807) is 0 Å². The first-order valence-corrected chi connectivity index (χ1v) is 49.6. The predicted octanol–water partition coefficient (Wildman–Crippen LogP) is 36.1. The number of nitrogens with zero attached hydrogens (tertiary/aromatic N) is 4. The van der Waals surface area contributed by atoms with Crippen LogP contribution in [0.1, 0.15) is 151 Å². The lowest BCUT2D eigenvalue weighted by atomic mass is 9.84. The maximum Gasteiger partial charge on any atom is 0.116 e. The molecule has 0 N–H and O–H groups in total. The van der Waals surface area contributed by atoms with Gasteiger partial charge in [-0.3, -0.25) is 0 Å². The first-order chi connectivity index (χ1) is 62.4. The predicted molar refractivity (Wildman–Crippen MR) is 545 cm³/mol. The highest BCUT2D eigenvalue weighted by atomic mass is 32.2. The highest BCUT2D eigenvalue weighted by Gasteiger charge is 2.42. The summed E-state index contributed by atoms with van der Waals surface area (Å²) in [5.41, 5.74) is 26.5. The number of unbranched alkanes of at least 4 members (excludes halogenated alkanes) is 4. The lowest BCUT2D eigenvalue weighted by molar-refractivity contribution is 0.443. The van der Waals surface area contributed by atoms with Gasteiger partial charge in [-0.1, -0.05) is 356 Å². The zero-order valence-corrected chi connectivity index (χ0v) is 74.6. The number of aryl methyl sites for hydroxylation is 2. The maximum atomic E-state index is 2.61. The molecule has 0 atom stereocenters. The van der Waals surface area contributed by atoms with Gasteiger partial charge in [-0.15, -0.1) is 0 Å². The van der Waals surface area contributed by atoms with Crippen LogP contribution in [0.15, 0.2) is 355 Å². The molecule has 0 bridgehead atoms. The second-order valence-corrected chi connectivity index (χ2v) is 40.2. The number of benzene rings is 18. The molecule has 4 nitrogen and oxygen atoms in total. The molecule has 8 aliphatic rings. The standard InChI is InChI=1S/C62H50N2S2.C56H46N2S2/c1-3-15-39(16-4-1)41-27-33-57-59(35-41)65-61(63(57)43-29-31-53-49-23-9-7-19-45(49)47-21-11-13-25-51(47)55(53)37-43)62-64(58-34-28-42(36-60(58)66-62)40-17-5-2-6-18-40)44-30-32-54-50-24-10-8-20-46(50)48-22-12-14-26-52(48)56(54)38-44;1-3-5-7-15-35-25-29-49-51(33-35)59-55(57(49)47-31-27-43-39-19-11-9-17-37(39)41-21-13-23-45(47)53(41)43)56-58(50-30-26-36(16-8-6-4-2)34-52(50)60-56)48-32-28-44-40-20-12-10-18-38(40)42-22-14-24-46(48)54(42)44/h7-14,19-40H,1-6,15-18H2;9-14,17-34H,3-8,15-16H2,1-2H3/b62-61+;56-55+. The second-order valence-electron chi connectivity index (χ2n) is 36.1. The van der Waals surface area contributed by atoms with Gasteiger partial charge < -0.3 is 19.6 Å². The molecule has 0 radical (unpaired) electrons. The number of fused-ring (bicyclic) bond motifs is 22. The molecule has 126 heavy (non-hydrogen) atoms. The lowest BCUT2D eigenvalue weighted by Gasteiger charge is -2.29. The van der Waals surface area contributed by atoms with Crippen LogP contribution in [-0.4, -0.2) is 0 Å². The molecule has 612 valence electrons. The molecule has 4 aliphatic carbocycles. The molecule has 18 aromatic carbocycles. The van der Waals surface area contributed by atoms with Gasteiger partial charge in [0.1, 0.15) is 20.1 Å².